The van der Waals surface area contributed by atoms with Crippen molar-refractivity contribution in [3.8, 4) is 11.4 Å². The van der Waals surface area contributed by atoms with Crippen LogP contribution in [0.25, 0.3) is 22.6 Å². The van der Waals surface area contributed by atoms with Crippen molar-refractivity contribution in [2.45, 2.75) is 38.9 Å². The van der Waals surface area contributed by atoms with Crippen molar-refractivity contribution in [1.82, 2.24) is 24.4 Å². The summed E-state index contributed by atoms with van der Waals surface area (Å²) in [4.78, 5) is 16.3. The van der Waals surface area contributed by atoms with Gasteiger partial charge in [0.05, 0.1) is 6.17 Å². The van der Waals surface area contributed by atoms with E-state index in [2.05, 4.69) is 39.3 Å². The molecule has 0 saturated carbocycles. The highest BCUT2D eigenvalue weighted by molar-refractivity contribution is 5.77. The van der Waals surface area contributed by atoms with Gasteiger partial charge in [0.1, 0.15) is 11.3 Å². The van der Waals surface area contributed by atoms with Gasteiger partial charge in [0.2, 0.25) is 0 Å². The molecule has 0 spiro atoms. The van der Waals surface area contributed by atoms with Crippen LogP contribution in [0.2, 0.25) is 0 Å². The van der Waals surface area contributed by atoms with Gasteiger partial charge in [0, 0.05) is 36.7 Å². The Labute approximate surface area is 136 Å². The maximum atomic E-state index is 4.86. The van der Waals surface area contributed by atoms with Crippen LogP contribution < -0.4 is 0 Å². The molecular weight excluding hydrogens is 286 g/mol. The summed E-state index contributed by atoms with van der Waals surface area (Å²) in [7, 11) is 0. The van der Waals surface area contributed by atoms with Crippen molar-refractivity contribution in [3.63, 3.8) is 0 Å². The first-order chi connectivity index (χ1) is 11.3. The van der Waals surface area contributed by atoms with E-state index < -0.39 is 0 Å². The number of pyridine rings is 2. The molecule has 1 saturated heterocycles. The van der Waals surface area contributed by atoms with Gasteiger partial charge in [-0.15, -0.1) is 0 Å². The number of rotatable bonds is 3. The minimum Gasteiger partial charge on any atom is -0.292 e. The summed E-state index contributed by atoms with van der Waals surface area (Å²) in [6.07, 6.45) is 8.18. The Kier molecular flexibility index (Phi) is 3.58. The number of likely N-dealkylation sites (tertiary alicyclic amines) is 1. The molecule has 0 aromatic carbocycles. The summed E-state index contributed by atoms with van der Waals surface area (Å²) >= 11 is 0. The molecule has 1 unspecified atom stereocenters. The van der Waals surface area contributed by atoms with E-state index in [0.717, 1.165) is 35.5 Å². The van der Waals surface area contributed by atoms with E-state index in [9.17, 15) is 0 Å². The highest BCUT2D eigenvalue weighted by Gasteiger charge is 2.31. The largest absolute Gasteiger partial charge is 0.292 e. The number of aromatic nitrogens is 4. The molecule has 1 fully saturated rings. The molecule has 3 aromatic rings. The van der Waals surface area contributed by atoms with Crippen LogP contribution in [0, 0.1) is 0 Å². The van der Waals surface area contributed by atoms with Gasteiger partial charge in [0.15, 0.2) is 5.65 Å². The molecule has 1 aliphatic heterocycles. The maximum absolute atomic E-state index is 4.86. The van der Waals surface area contributed by atoms with Crippen LogP contribution in [0.1, 0.15) is 32.9 Å². The van der Waals surface area contributed by atoms with E-state index in [-0.39, 0.29) is 0 Å². The fourth-order valence-corrected chi connectivity index (χ4v) is 3.56. The van der Waals surface area contributed by atoms with Crippen LogP contribution in [0.15, 0.2) is 42.9 Å². The van der Waals surface area contributed by atoms with Gasteiger partial charge >= 0.3 is 0 Å². The normalized spacial score (nSPS) is 19.0. The van der Waals surface area contributed by atoms with Crippen LogP contribution in [-0.4, -0.2) is 37.0 Å². The summed E-state index contributed by atoms with van der Waals surface area (Å²) in [5, 5.41) is 0. The third-order valence-corrected chi connectivity index (χ3v) is 4.59. The lowest BCUT2D eigenvalue weighted by Gasteiger charge is -2.30. The molecule has 0 amide bonds. The molecule has 1 aliphatic rings. The van der Waals surface area contributed by atoms with Gasteiger partial charge < -0.3 is 0 Å². The molecule has 4 rings (SSSR count). The number of imidazole rings is 1. The van der Waals surface area contributed by atoms with Crippen molar-refractivity contribution in [2.24, 2.45) is 0 Å². The molecule has 0 radical (unpaired) electrons. The molecule has 5 nitrogen and oxygen atoms in total. The predicted octanol–water partition coefficient (Wildman–Crippen LogP) is 3.50. The second-order valence-corrected chi connectivity index (χ2v) is 6.35. The van der Waals surface area contributed by atoms with Crippen molar-refractivity contribution >= 4 is 11.2 Å². The summed E-state index contributed by atoms with van der Waals surface area (Å²) in [6.45, 7) is 5.64. The SMILES string of the molecule is CC(C)N1CCCC1n1c(-c2cccnc2)nc2cccnc21. The quantitative estimate of drug-likeness (QED) is 0.743. The molecule has 4 heterocycles. The lowest BCUT2D eigenvalue weighted by Crippen LogP contribution is -2.33. The fourth-order valence-electron chi connectivity index (χ4n) is 3.56. The van der Waals surface area contributed by atoms with Gasteiger partial charge in [0.25, 0.3) is 0 Å². The molecule has 1 atom stereocenters. The van der Waals surface area contributed by atoms with Crippen LogP contribution in [0.4, 0.5) is 0 Å². The fraction of sp³-hybridized carbons (Fsp3) is 0.389. The first-order valence-electron chi connectivity index (χ1n) is 8.25. The van der Waals surface area contributed by atoms with Crippen LogP contribution in [0.5, 0.6) is 0 Å². The minimum absolute atomic E-state index is 0.310. The van der Waals surface area contributed by atoms with Gasteiger partial charge in [-0.2, -0.15) is 0 Å². The maximum Gasteiger partial charge on any atom is 0.161 e. The standard InChI is InChI=1S/C18H21N5/c1-13(2)22-11-5-8-16(22)23-17(14-6-3-9-19-12-14)21-15-7-4-10-20-18(15)23/h3-4,6-7,9-10,12-13,16H,5,8,11H2,1-2H3. The minimum atomic E-state index is 0.310. The average Bonchev–Trinajstić information content (AvgIpc) is 3.19. The van der Waals surface area contributed by atoms with Gasteiger partial charge in [-0.3, -0.25) is 14.5 Å². The monoisotopic (exact) mass is 307 g/mol. The summed E-state index contributed by atoms with van der Waals surface area (Å²) < 4.78 is 2.30. The molecule has 5 heteroatoms. The number of hydrogen-bond acceptors (Lipinski definition) is 4. The summed E-state index contributed by atoms with van der Waals surface area (Å²) in [5.41, 5.74) is 2.95. The van der Waals surface area contributed by atoms with Crippen molar-refractivity contribution in [3.05, 3.63) is 42.9 Å². The summed E-state index contributed by atoms with van der Waals surface area (Å²) in [5.74, 6) is 0.962. The van der Waals surface area contributed by atoms with Crippen molar-refractivity contribution in [1.29, 1.82) is 0 Å². The smallest absolute Gasteiger partial charge is 0.161 e. The Hall–Kier alpha value is -2.27. The molecule has 3 aromatic heterocycles. The third kappa shape index (κ3) is 2.41. The van der Waals surface area contributed by atoms with E-state index in [1.807, 2.05) is 30.6 Å². The highest BCUT2D eigenvalue weighted by atomic mass is 15.4. The van der Waals surface area contributed by atoms with E-state index in [4.69, 9.17) is 4.98 Å². The molecule has 0 aliphatic carbocycles. The Morgan fingerprint density at radius 2 is 2.04 bits per heavy atom. The Bertz CT molecular complexity index is 809. The molecule has 118 valence electrons. The number of hydrogen-bond donors (Lipinski definition) is 0. The van der Waals surface area contributed by atoms with Crippen LogP contribution in [-0.2, 0) is 0 Å². The van der Waals surface area contributed by atoms with E-state index >= 15 is 0 Å². The topological polar surface area (TPSA) is 46.8 Å². The molecule has 0 bridgehead atoms. The second-order valence-electron chi connectivity index (χ2n) is 6.35. The second kappa shape index (κ2) is 5.74. The average molecular weight is 307 g/mol. The van der Waals surface area contributed by atoms with Crippen molar-refractivity contribution < 1.29 is 0 Å². The predicted molar refractivity (Wildman–Crippen MR) is 90.9 cm³/mol. The molecule has 0 N–H and O–H groups in total. The Morgan fingerprint density at radius 1 is 1.17 bits per heavy atom. The number of fused-ring (bicyclic) bond motifs is 1. The van der Waals surface area contributed by atoms with E-state index in [1.54, 1.807) is 6.20 Å². The lowest BCUT2D eigenvalue weighted by molar-refractivity contribution is 0.156. The zero-order chi connectivity index (χ0) is 15.8. The van der Waals surface area contributed by atoms with E-state index in [1.165, 1.54) is 6.42 Å². The first-order valence-corrected chi connectivity index (χ1v) is 8.25. The Balaban J connectivity index is 1.93. The highest BCUT2D eigenvalue weighted by Crippen LogP contribution is 2.35. The van der Waals surface area contributed by atoms with Gasteiger partial charge in [-0.05, 0) is 51.0 Å². The molecule has 23 heavy (non-hydrogen) atoms. The lowest BCUT2D eigenvalue weighted by atomic mass is 10.2. The zero-order valence-electron chi connectivity index (χ0n) is 13.6. The van der Waals surface area contributed by atoms with Gasteiger partial charge in [-0.1, -0.05) is 0 Å². The van der Waals surface area contributed by atoms with E-state index in [0.29, 0.717) is 12.2 Å². The Morgan fingerprint density at radius 3 is 2.83 bits per heavy atom. The van der Waals surface area contributed by atoms with Crippen molar-refractivity contribution in [2.75, 3.05) is 6.54 Å². The summed E-state index contributed by atoms with van der Waals surface area (Å²) in [6, 6.07) is 8.51. The third-order valence-electron chi connectivity index (χ3n) is 4.59. The van der Waals surface area contributed by atoms with Crippen LogP contribution >= 0.6 is 0 Å². The van der Waals surface area contributed by atoms with Crippen LogP contribution in [0.3, 0.4) is 0 Å². The first kappa shape index (κ1) is 14.3. The molecular formula is C18H21N5. The number of nitrogens with zero attached hydrogens (tertiary/aromatic N) is 5. The zero-order valence-corrected chi connectivity index (χ0v) is 13.6. The van der Waals surface area contributed by atoms with Gasteiger partial charge in [-0.25, -0.2) is 9.97 Å².